The molecule has 0 aliphatic heterocycles. The minimum Gasteiger partial charge on any atom is -0.508 e. The molecule has 0 unspecified atom stereocenters. The number of nitrogens with one attached hydrogen (secondary N) is 2. The molecular formula is C21H20BrN3O6. The Kier molecular flexibility index (Phi) is 9.02. The zero-order chi connectivity index (χ0) is 22.8. The summed E-state index contributed by atoms with van der Waals surface area (Å²) in [5.74, 6) is -0.951. The highest BCUT2D eigenvalue weighted by Gasteiger charge is 2.29. The number of hydroxylamine groups is 1. The van der Waals surface area contributed by atoms with Crippen LogP contribution in [0, 0.1) is 11.3 Å². The zero-order valence-electron chi connectivity index (χ0n) is 16.4. The maximum Gasteiger partial charge on any atom is 0.412 e. The Morgan fingerprint density at radius 2 is 1.97 bits per heavy atom. The van der Waals surface area contributed by atoms with Crippen LogP contribution in [0.4, 0.5) is 10.5 Å². The molecule has 0 radical (unpaired) electrons. The summed E-state index contributed by atoms with van der Waals surface area (Å²) in [5.41, 5.74) is 2.52. The van der Waals surface area contributed by atoms with E-state index in [9.17, 15) is 14.7 Å². The van der Waals surface area contributed by atoms with E-state index < -0.39 is 24.2 Å². The number of phenolic OH excluding ortho intramolecular Hbond substituents is 1. The Hall–Kier alpha value is -3.39. The maximum absolute atomic E-state index is 12.6. The van der Waals surface area contributed by atoms with E-state index >= 15 is 0 Å². The normalized spacial score (nSPS) is 12.6. The minimum atomic E-state index is -1.14. The number of carbonyl (C=O) groups is 2. The molecule has 9 nitrogen and oxygen atoms in total. The summed E-state index contributed by atoms with van der Waals surface area (Å²) in [6.45, 7) is 1.92. The van der Waals surface area contributed by atoms with Gasteiger partial charge < -0.3 is 14.6 Å². The van der Waals surface area contributed by atoms with Gasteiger partial charge in [-0.15, -0.1) is 0 Å². The molecule has 4 N–H and O–H groups in total. The molecule has 0 saturated carbocycles. The molecule has 0 aromatic heterocycles. The summed E-state index contributed by atoms with van der Waals surface area (Å²) in [4.78, 5) is 24.0. The number of nitrogens with zero attached hydrogens (tertiary/aromatic N) is 1. The molecule has 162 valence electrons. The second-order valence-electron chi connectivity index (χ2n) is 6.10. The number of phenols is 1. The van der Waals surface area contributed by atoms with Gasteiger partial charge in [-0.3, -0.25) is 15.3 Å². The number of nitriles is 1. The monoisotopic (exact) mass is 489 g/mol. The van der Waals surface area contributed by atoms with Crippen LogP contribution in [0.2, 0.25) is 0 Å². The first-order chi connectivity index (χ1) is 14.9. The molecule has 0 heterocycles. The first kappa shape index (κ1) is 23.9. The van der Waals surface area contributed by atoms with Crippen molar-refractivity contribution in [3.63, 3.8) is 0 Å². The lowest BCUT2D eigenvalue weighted by atomic mass is 10.0. The lowest BCUT2D eigenvalue weighted by Gasteiger charge is -2.26. The smallest absolute Gasteiger partial charge is 0.412 e. The lowest BCUT2D eigenvalue weighted by molar-refractivity contribution is -0.124. The number of aromatic hydroxyl groups is 1. The number of hydrogen-bond donors (Lipinski definition) is 4. The van der Waals surface area contributed by atoms with E-state index in [1.807, 2.05) is 6.07 Å². The second kappa shape index (κ2) is 11.7. The van der Waals surface area contributed by atoms with Crippen LogP contribution in [0.5, 0.6) is 5.75 Å². The fourth-order valence-corrected chi connectivity index (χ4v) is 2.99. The third kappa shape index (κ3) is 7.11. The molecule has 10 heteroatoms. The number of anilines is 1. The van der Waals surface area contributed by atoms with E-state index in [2.05, 4.69) is 21.2 Å². The van der Waals surface area contributed by atoms with Gasteiger partial charge >= 0.3 is 6.09 Å². The average Bonchev–Trinajstić information content (AvgIpc) is 2.77. The predicted octanol–water partition coefficient (Wildman–Crippen LogP) is 3.78. The molecule has 2 aromatic rings. The summed E-state index contributed by atoms with van der Waals surface area (Å²) in [6.07, 6.45) is -0.633. The van der Waals surface area contributed by atoms with E-state index in [-0.39, 0.29) is 17.9 Å². The first-order valence-electron chi connectivity index (χ1n) is 9.08. The predicted molar refractivity (Wildman–Crippen MR) is 114 cm³/mol. The lowest BCUT2D eigenvalue weighted by Crippen LogP contribution is -2.28. The molecule has 0 spiro atoms. The molecule has 0 saturated heterocycles. The molecule has 31 heavy (non-hydrogen) atoms. The van der Waals surface area contributed by atoms with Crippen molar-refractivity contribution in [2.75, 3.05) is 11.9 Å². The quantitative estimate of drug-likeness (QED) is 0.251. The third-order valence-electron chi connectivity index (χ3n) is 4.00. The Labute approximate surface area is 187 Å². The van der Waals surface area contributed by atoms with Gasteiger partial charge in [-0.2, -0.15) is 5.26 Å². The van der Waals surface area contributed by atoms with Crippen molar-refractivity contribution in [1.82, 2.24) is 5.48 Å². The van der Waals surface area contributed by atoms with Crippen LogP contribution >= 0.6 is 15.9 Å². The summed E-state index contributed by atoms with van der Waals surface area (Å²) in [7, 11) is 0. The molecular weight excluding hydrogens is 470 g/mol. The van der Waals surface area contributed by atoms with E-state index in [0.717, 1.165) is 6.08 Å². The number of halogens is 1. The van der Waals surface area contributed by atoms with Crippen LogP contribution in [0.1, 0.15) is 24.2 Å². The van der Waals surface area contributed by atoms with Crippen molar-refractivity contribution in [3.05, 3.63) is 70.2 Å². The highest BCUT2D eigenvalue weighted by Crippen LogP contribution is 2.34. The van der Waals surface area contributed by atoms with E-state index in [4.69, 9.17) is 19.9 Å². The van der Waals surface area contributed by atoms with Gasteiger partial charge in [0.05, 0.1) is 11.6 Å². The van der Waals surface area contributed by atoms with Crippen molar-refractivity contribution in [1.29, 1.82) is 5.26 Å². The fourth-order valence-electron chi connectivity index (χ4n) is 2.61. The van der Waals surface area contributed by atoms with Gasteiger partial charge in [0, 0.05) is 28.4 Å². The Balaban J connectivity index is 2.34. The van der Waals surface area contributed by atoms with E-state index in [1.54, 1.807) is 19.1 Å². The molecule has 0 fully saturated rings. The molecule has 2 atom stereocenters. The summed E-state index contributed by atoms with van der Waals surface area (Å²) < 4.78 is 11.8. The van der Waals surface area contributed by atoms with Crippen LogP contribution < -0.4 is 10.8 Å². The van der Waals surface area contributed by atoms with Crippen LogP contribution in [-0.2, 0) is 14.3 Å². The van der Waals surface area contributed by atoms with Crippen molar-refractivity contribution < 1.29 is 29.4 Å². The summed E-state index contributed by atoms with van der Waals surface area (Å²) in [5, 5.41) is 30.5. The maximum atomic E-state index is 12.6. The van der Waals surface area contributed by atoms with Crippen LogP contribution in [0.25, 0.3) is 0 Å². The number of hydrogen-bond acceptors (Lipinski definition) is 7. The third-order valence-corrected chi connectivity index (χ3v) is 4.49. The minimum absolute atomic E-state index is 0.149. The SMILES string of the molecule is CCO[C@@H](/C=C/C(=O)NO)[C@@H](OC(=O)Nc1ccc(C#N)cc1)c1cc(Br)ccc1O. The second-order valence-corrected chi connectivity index (χ2v) is 7.01. The number of ether oxygens (including phenoxy) is 2. The van der Waals surface area contributed by atoms with Gasteiger partial charge in [-0.25, -0.2) is 10.3 Å². The Bertz CT molecular complexity index is 988. The molecule has 2 aromatic carbocycles. The molecule has 2 amide bonds. The zero-order valence-corrected chi connectivity index (χ0v) is 18.0. The van der Waals surface area contributed by atoms with E-state index in [0.29, 0.717) is 15.7 Å². The van der Waals surface area contributed by atoms with Crippen molar-refractivity contribution >= 4 is 33.6 Å². The van der Waals surface area contributed by atoms with Gasteiger partial charge in [0.25, 0.3) is 5.91 Å². The van der Waals surface area contributed by atoms with Crippen LogP contribution in [-0.4, -0.2) is 35.0 Å². The topological polar surface area (TPSA) is 141 Å². The number of benzene rings is 2. The summed E-state index contributed by atoms with van der Waals surface area (Å²) in [6, 6.07) is 12.7. The molecule has 0 bridgehead atoms. The molecule has 0 aliphatic carbocycles. The molecule has 0 aliphatic rings. The number of carbonyl (C=O) groups excluding carboxylic acids is 2. The fraction of sp³-hybridized carbons (Fsp3) is 0.190. The number of rotatable bonds is 8. The van der Waals surface area contributed by atoms with Gasteiger partial charge in [0.1, 0.15) is 11.9 Å². The standard InChI is InChI=1S/C21H20BrN3O6/c1-2-30-18(9-10-19(27)25-29)20(16-11-14(22)5-8-17(16)26)31-21(28)24-15-6-3-13(12-23)4-7-15/h3-11,18,20,26,29H,2H2,1H3,(H,24,28)(H,25,27)/b10-9+/t18-,20-/m0/s1. The van der Waals surface area contributed by atoms with Crippen molar-refractivity contribution in [2.45, 2.75) is 19.1 Å². The Morgan fingerprint density at radius 1 is 1.26 bits per heavy atom. The highest BCUT2D eigenvalue weighted by atomic mass is 79.9. The van der Waals surface area contributed by atoms with Crippen LogP contribution in [0.3, 0.4) is 0 Å². The summed E-state index contributed by atoms with van der Waals surface area (Å²) >= 11 is 3.31. The average molecular weight is 490 g/mol. The first-order valence-corrected chi connectivity index (χ1v) is 9.87. The largest absolute Gasteiger partial charge is 0.508 e. The highest BCUT2D eigenvalue weighted by molar-refractivity contribution is 9.10. The van der Waals surface area contributed by atoms with Gasteiger partial charge in [0.2, 0.25) is 0 Å². The number of amides is 2. The van der Waals surface area contributed by atoms with Gasteiger partial charge in [-0.1, -0.05) is 15.9 Å². The Morgan fingerprint density at radius 3 is 2.58 bits per heavy atom. The van der Waals surface area contributed by atoms with Crippen LogP contribution in [0.15, 0.2) is 59.1 Å². The van der Waals surface area contributed by atoms with Crippen molar-refractivity contribution in [3.8, 4) is 11.8 Å². The van der Waals surface area contributed by atoms with Crippen molar-refractivity contribution in [2.24, 2.45) is 0 Å². The molecule has 2 rings (SSSR count). The van der Waals surface area contributed by atoms with Gasteiger partial charge in [0.15, 0.2) is 6.10 Å². The van der Waals surface area contributed by atoms with E-state index in [1.165, 1.54) is 41.9 Å². The van der Waals surface area contributed by atoms with Gasteiger partial charge in [-0.05, 0) is 55.5 Å².